The molecule has 3 atom stereocenters. The van der Waals surface area contributed by atoms with E-state index in [1.807, 2.05) is 5.32 Å². The summed E-state index contributed by atoms with van der Waals surface area (Å²) in [5.41, 5.74) is 0. The van der Waals surface area contributed by atoms with Gasteiger partial charge in [0.15, 0.2) is 6.23 Å². The molecule has 6 heteroatoms. The van der Waals surface area contributed by atoms with Crippen LogP contribution in [0.1, 0.15) is 26.7 Å². The van der Waals surface area contributed by atoms with Gasteiger partial charge in [-0.2, -0.15) is 0 Å². The summed E-state index contributed by atoms with van der Waals surface area (Å²) in [6.07, 6.45) is -3.13. The maximum absolute atomic E-state index is 11.0. The van der Waals surface area contributed by atoms with E-state index in [0.29, 0.717) is 12.8 Å². The van der Waals surface area contributed by atoms with Gasteiger partial charge in [0, 0.05) is 0 Å². The van der Waals surface area contributed by atoms with E-state index in [-0.39, 0.29) is 6.61 Å². The van der Waals surface area contributed by atoms with Crippen LogP contribution in [0.2, 0.25) is 0 Å². The molecule has 0 aliphatic heterocycles. The molecular weight excluding hydrogens is 202 g/mol. The lowest BCUT2D eigenvalue weighted by molar-refractivity contribution is -0.00823. The average Bonchev–Trinajstić information content (AvgIpc) is 2.24. The van der Waals surface area contributed by atoms with Gasteiger partial charge in [-0.1, -0.05) is 13.8 Å². The van der Waals surface area contributed by atoms with Gasteiger partial charge in [-0.3, -0.25) is 5.32 Å². The third-order valence-corrected chi connectivity index (χ3v) is 1.93. The van der Waals surface area contributed by atoms with E-state index in [9.17, 15) is 9.90 Å². The number of rotatable bonds is 6. The molecule has 1 amide bonds. The van der Waals surface area contributed by atoms with Crippen LogP contribution in [0.25, 0.3) is 0 Å². The molecule has 0 fully saturated rings. The van der Waals surface area contributed by atoms with Crippen molar-refractivity contribution in [1.29, 1.82) is 0 Å². The second kappa shape index (κ2) is 7.44. The third-order valence-electron chi connectivity index (χ3n) is 1.93. The lowest BCUT2D eigenvalue weighted by Gasteiger charge is -2.17. The molecule has 0 aromatic carbocycles. The minimum atomic E-state index is -1.35. The van der Waals surface area contributed by atoms with E-state index in [0.717, 1.165) is 0 Å². The molecule has 3 unspecified atom stereocenters. The summed E-state index contributed by atoms with van der Waals surface area (Å²) >= 11 is 0. The molecule has 0 aliphatic rings. The normalized spacial score (nSPS) is 16.6. The Morgan fingerprint density at radius 2 is 1.87 bits per heavy atom. The molecular formula is C9H19NO5. The van der Waals surface area contributed by atoms with Gasteiger partial charge >= 0.3 is 6.09 Å². The summed E-state index contributed by atoms with van der Waals surface area (Å²) in [6, 6.07) is 0. The van der Waals surface area contributed by atoms with Crippen molar-refractivity contribution < 1.29 is 24.9 Å². The van der Waals surface area contributed by atoms with E-state index in [4.69, 9.17) is 10.2 Å². The predicted octanol–water partition coefficient (Wildman–Crippen LogP) is -0.427. The first-order valence-electron chi connectivity index (χ1n) is 4.98. The Balaban J connectivity index is 3.73. The smallest absolute Gasteiger partial charge is 0.409 e. The van der Waals surface area contributed by atoms with Crippen LogP contribution in [0, 0.1) is 0 Å². The fourth-order valence-electron chi connectivity index (χ4n) is 0.772. The molecule has 0 rings (SSSR count). The van der Waals surface area contributed by atoms with Crippen LogP contribution >= 0.6 is 0 Å². The summed E-state index contributed by atoms with van der Waals surface area (Å²) in [4.78, 5) is 11.0. The first-order chi connectivity index (χ1) is 7.01. The zero-order chi connectivity index (χ0) is 11.8. The predicted molar refractivity (Wildman–Crippen MR) is 53.1 cm³/mol. The van der Waals surface area contributed by atoms with Crippen LogP contribution in [0.5, 0.6) is 0 Å². The third kappa shape index (κ3) is 6.27. The van der Waals surface area contributed by atoms with Crippen LogP contribution in [0.15, 0.2) is 0 Å². The van der Waals surface area contributed by atoms with Gasteiger partial charge in [0.1, 0.15) is 6.61 Å². The Hall–Kier alpha value is -0.850. The highest BCUT2D eigenvalue weighted by molar-refractivity contribution is 5.67. The Morgan fingerprint density at radius 3 is 2.33 bits per heavy atom. The summed E-state index contributed by atoms with van der Waals surface area (Å²) < 4.78 is 4.59. The Kier molecular flexibility index (Phi) is 7.02. The lowest BCUT2D eigenvalue weighted by Crippen LogP contribution is -2.43. The standard InChI is InChI=1S/C9H19NO5/c1-3-6(11)5-15-9(14)10-8(13)7(12)4-2/h6-8,11-13H,3-5H2,1-2H3,(H,10,14). The van der Waals surface area contributed by atoms with Gasteiger partial charge in [-0.05, 0) is 12.8 Å². The number of alkyl carbamates (subject to hydrolysis) is 1. The van der Waals surface area contributed by atoms with Crippen LogP contribution in [-0.4, -0.2) is 46.5 Å². The van der Waals surface area contributed by atoms with E-state index in [1.165, 1.54) is 0 Å². The molecule has 0 aromatic rings. The van der Waals surface area contributed by atoms with Crippen LogP contribution in [0.3, 0.4) is 0 Å². The molecule has 0 radical (unpaired) electrons. The van der Waals surface area contributed by atoms with Crippen LogP contribution in [0.4, 0.5) is 4.79 Å². The van der Waals surface area contributed by atoms with Crippen molar-refractivity contribution in [2.45, 2.75) is 45.1 Å². The Morgan fingerprint density at radius 1 is 1.27 bits per heavy atom. The zero-order valence-electron chi connectivity index (χ0n) is 9.01. The molecule has 90 valence electrons. The van der Waals surface area contributed by atoms with E-state index in [1.54, 1.807) is 13.8 Å². The van der Waals surface area contributed by atoms with Gasteiger partial charge in [-0.15, -0.1) is 0 Å². The number of amides is 1. The number of aliphatic hydroxyl groups is 3. The largest absolute Gasteiger partial charge is 0.447 e. The van der Waals surface area contributed by atoms with Crippen molar-refractivity contribution in [3.05, 3.63) is 0 Å². The van der Waals surface area contributed by atoms with Gasteiger partial charge in [0.2, 0.25) is 0 Å². The number of ether oxygens (including phenoxy) is 1. The second-order valence-electron chi connectivity index (χ2n) is 3.23. The number of hydrogen-bond donors (Lipinski definition) is 4. The molecule has 0 saturated heterocycles. The van der Waals surface area contributed by atoms with Gasteiger partial charge < -0.3 is 20.1 Å². The van der Waals surface area contributed by atoms with Crippen molar-refractivity contribution in [2.75, 3.05) is 6.61 Å². The number of carbonyl (C=O) groups excluding carboxylic acids is 1. The van der Waals surface area contributed by atoms with Crippen LogP contribution < -0.4 is 5.32 Å². The van der Waals surface area contributed by atoms with Crippen molar-refractivity contribution in [3.63, 3.8) is 0 Å². The number of carbonyl (C=O) groups is 1. The highest BCUT2D eigenvalue weighted by atomic mass is 16.6. The van der Waals surface area contributed by atoms with Crippen LogP contribution in [-0.2, 0) is 4.74 Å². The molecule has 0 bridgehead atoms. The summed E-state index contributed by atoms with van der Waals surface area (Å²) in [6.45, 7) is 3.29. The molecule has 4 N–H and O–H groups in total. The minimum Gasteiger partial charge on any atom is -0.447 e. The first kappa shape index (κ1) is 14.2. The van der Waals surface area contributed by atoms with Gasteiger partial charge in [-0.25, -0.2) is 4.79 Å². The topological polar surface area (TPSA) is 99.0 Å². The SMILES string of the molecule is CCC(O)COC(=O)NC(O)C(O)CC. The highest BCUT2D eigenvalue weighted by Gasteiger charge is 2.17. The van der Waals surface area contributed by atoms with Gasteiger partial charge in [0.05, 0.1) is 12.2 Å². The fourth-order valence-corrected chi connectivity index (χ4v) is 0.772. The maximum atomic E-state index is 11.0. The zero-order valence-corrected chi connectivity index (χ0v) is 9.01. The molecule has 6 nitrogen and oxygen atoms in total. The van der Waals surface area contributed by atoms with Gasteiger partial charge in [0.25, 0.3) is 0 Å². The van der Waals surface area contributed by atoms with E-state index >= 15 is 0 Å². The lowest BCUT2D eigenvalue weighted by atomic mass is 10.2. The molecule has 0 heterocycles. The van der Waals surface area contributed by atoms with Crippen molar-refractivity contribution in [3.8, 4) is 0 Å². The van der Waals surface area contributed by atoms with E-state index in [2.05, 4.69) is 4.74 Å². The quantitative estimate of drug-likeness (QED) is 0.456. The highest BCUT2D eigenvalue weighted by Crippen LogP contribution is 1.96. The summed E-state index contributed by atoms with van der Waals surface area (Å²) in [5, 5.41) is 29.4. The number of aliphatic hydroxyl groups excluding tert-OH is 3. The number of nitrogens with one attached hydrogen (secondary N) is 1. The Labute approximate surface area is 88.9 Å². The fraction of sp³-hybridized carbons (Fsp3) is 0.889. The first-order valence-corrected chi connectivity index (χ1v) is 4.98. The summed E-state index contributed by atoms with van der Waals surface area (Å²) in [5.74, 6) is 0. The van der Waals surface area contributed by atoms with Crippen molar-refractivity contribution >= 4 is 6.09 Å². The van der Waals surface area contributed by atoms with E-state index < -0.39 is 24.5 Å². The molecule has 0 spiro atoms. The average molecular weight is 221 g/mol. The Bertz CT molecular complexity index is 187. The molecule has 0 saturated carbocycles. The minimum absolute atomic E-state index is 0.128. The maximum Gasteiger partial charge on any atom is 0.409 e. The van der Waals surface area contributed by atoms with Crippen molar-refractivity contribution in [2.24, 2.45) is 0 Å². The van der Waals surface area contributed by atoms with Crippen molar-refractivity contribution in [1.82, 2.24) is 5.32 Å². The molecule has 0 aromatic heterocycles. The molecule has 0 aliphatic carbocycles. The molecule has 15 heavy (non-hydrogen) atoms. The second-order valence-corrected chi connectivity index (χ2v) is 3.23. The number of hydrogen-bond acceptors (Lipinski definition) is 5. The monoisotopic (exact) mass is 221 g/mol. The summed E-state index contributed by atoms with van der Waals surface area (Å²) in [7, 11) is 0.